The van der Waals surface area contributed by atoms with Crippen molar-refractivity contribution in [1.29, 1.82) is 0 Å². The van der Waals surface area contributed by atoms with Gasteiger partial charge in [0, 0.05) is 17.5 Å². The van der Waals surface area contributed by atoms with E-state index in [-0.39, 0.29) is 23.4 Å². The third-order valence-electron chi connectivity index (χ3n) is 6.82. The van der Waals surface area contributed by atoms with Gasteiger partial charge in [-0.25, -0.2) is 9.69 Å². The van der Waals surface area contributed by atoms with Gasteiger partial charge in [0.2, 0.25) is 0 Å². The van der Waals surface area contributed by atoms with E-state index in [4.69, 9.17) is 9.47 Å². The molecule has 0 unspecified atom stereocenters. The highest BCUT2D eigenvalue weighted by Gasteiger charge is 2.40. The Hall–Kier alpha value is -5.90. The molecule has 1 aliphatic rings. The van der Waals surface area contributed by atoms with Gasteiger partial charge in [0.15, 0.2) is 0 Å². The number of rotatable bonds is 7. The van der Waals surface area contributed by atoms with Gasteiger partial charge in [0.25, 0.3) is 17.5 Å². The van der Waals surface area contributed by atoms with Crippen molar-refractivity contribution >= 4 is 40.1 Å². The van der Waals surface area contributed by atoms with Crippen molar-refractivity contribution in [3.63, 3.8) is 0 Å². The Morgan fingerprint density at radius 3 is 2.31 bits per heavy atom. The molecule has 0 radical (unpaired) electrons. The van der Waals surface area contributed by atoms with E-state index in [2.05, 4.69) is 4.98 Å². The molecule has 10 heteroatoms. The number of esters is 1. The van der Waals surface area contributed by atoms with Crippen LogP contribution in [0.5, 0.6) is 11.5 Å². The van der Waals surface area contributed by atoms with Crippen LogP contribution in [0.4, 0.5) is 11.4 Å². The van der Waals surface area contributed by atoms with Crippen LogP contribution < -0.4 is 9.64 Å². The van der Waals surface area contributed by atoms with Crippen LogP contribution in [0.2, 0.25) is 0 Å². The van der Waals surface area contributed by atoms with E-state index in [1.54, 1.807) is 49.4 Å². The SMILES string of the molecule is Cc1nc2ccccc2c2c1C(=O)N(c1ccc(C(=O)OCc3cccc(Oc4ccc([N+](=O)[O-])cc4)c3)cc1)C2=O. The number of nitrogens with zero attached hydrogens (tertiary/aromatic N) is 3. The number of para-hydroxylation sites is 1. The standard InChI is InChI=1S/C32H21N3O7/c1-19-28-29(26-7-2-3-8-27(26)33-19)31(37)34(30(28)36)22-11-9-21(10-12-22)32(38)41-18-20-5-4-6-25(17-20)42-24-15-13-23(14-16-24)35(39)40/h2-17H,18H2,1H3. The highest BCUT2D eigenvalue weighted by atomic mass is 16.6. The van der Waals surface area contributed by atoms with Crippen molar-refractivity contribution in [2.24, 2.45) is 0 Å². The number of ether oxygens (including phenoxy) is 2. The first-order valence-electron chi connectivity index (χ1n) is 12.9. The van der Waals surface area contributed by atoms with Gasteiger partial charge in [-0.15, -0.1) is 0 Å². The third kappa shape index (κ3) is 4.81. The lowest BCUT2D eigenvalue weighted by Gasteiger charge is -2.14. The normalized spacial score (nSPS) is 12.4. The minimum Gasteiger partial charge on any atom is -0.457 e. The summed E-state index contributed by atoms with van der Waals surface area (Å²) in [5.74, 6) is -0.593. The summed E-state index contributed by atoms with van der Waals surface area (Å²) in [4.78, 5) is 55.3. The summed E-state index contributed by atoms with van der Waals surface area (Å²) in [6.07, 6.45) is 0. The van der Waals surface area contributed by atoms with Crippen LogP contribution in [0.1, 0.15) is 42.3 Å². The van der Waals surface area contributed by atoms with E-state index >= 15 is 0 Å². The molecule has 6 rings (SSSR count). The van der Waals surface area contributed by atoms with E-state index in [1.165, 1.54) is 48.5 Å². The van der Waals surface area contributed by atoms with E-state index in [0.717, 1.165) is 4.90 Å². The molecule has 0 saturated carbocycles. The van der Waals surface area contributed by atoms with Crippen molar-refractivity contribution < 1.29 is 28.8 Å². The van der Waals surface area contributed by atoms with Crippen molar-refractivity contribution in [2.75, 3.05) is 4.90 Å². The summed E-state index contributed by atoms with van der Waals surface area (Å²) in [5, 5.41) is 11.4. The fourth-order valence-electron chi connectivity index (χ4n) is 4.82. The van der Waals surface area contributed by atoms with Crippen LogP contribution in [0.25, 0.3) is 10.9 Å². The molecule has 1 aromatic heterocycles. The number of hydrogen-bond acceptors (Lipinski definition) is 8. The molecule has 2 heterocycles. The zero-order valence-corrected chi connectivity index (χ0v) is 22.1. The predicted octanol–water partition coefficient (Wildman–Crippen LogP) is 6.40. The summed E-state index contributed by atoms with van der Waals surface area (Å²) in [6.45, 7) is 1.67. The van der Waals surface area contributed by atoms with Crippen molar-refractivity contribution in [2.45, 2.75) is 13.5 Å². The molecule has 0 saturated heterocycles. The van der Waals surface area contributed by atoms with Crippen molar-refractivity contribution in [3.05, 3.63) is 135 Å². The molecule has 42 heavy (non-hydrogen) atoms. The number of nitro benzene ring substituents is 1. The quantitative estimate of drug-likeness (QED) is 0.0969. The number of fused-ring (bicyclic) bond motifs is 3. The fourth-order valence-corrected chi connectivity index (χ4v) is 4.82. The molecular formula is C32H21N3O7. The molecule has 206 valence electrons. The topological polar surface area (TPSA) is 129 Å². The highest BCUT2D eigenvalue weighted by molar-refractivity contribution is 6.37. The number of aryl methyl sites for hydroxylation is 1. The summed E-state index contributed by atoms with van der Waals surface area (Å²) in [7, 11) is 0. The second kappa shape index (κ2) is 10.6. The first kappa shape index (κ1) is 26.3. The van der Waals surface area contributed by atoms with Gasteiger partial charge in [-0.05, 0) is 67.1 Å². The number of carbonyl (C=O) groups excluding carboxylic acids is 3. The second-order valence-corrected chi connectivity index (χ2v) is 9.53. The smallest absolute Gasteiger partial charge is 0.338 e. The van der Waals surface area contributed by atoms with Crippen LogP contribution in [0.15, 0.2) is 97.1 Å². The minimum atomic E-state index is -0.586. The molecule has 5 aromatic rings. The number of aromatic nitrogens is 1. The zero-order valence-electron chi connectivity index (χ0n) is 22.1. The Kier molecular flexibility index (Phi) is 6.63. The lowest BCUT2D eigenvalue weighted by atomic mass is 10.0. The second-order valence-electron chi connectivity index (χ2n) is 9.53. The maximum Gasteiger partial charge on any atom is 0.338 e. The molecule has 2 amide bonds. The molecule has 0 spiro atoms. The molecule has 4 aromatic carbocycles. The van der Waals surface area contributed by atoms with Gasteiger partial charge in [-0.3, -0.25) is 24.7 Å². The van der Waals surface area contributed by atoms with E-state index in [0.29, 0.717) is 44.9 Å². The van der Waals surface area contributed by atoms with Gasteiger partial charge in [-0.1, -0.05) is 30.3 Å². The van der Waals surface area contributed by atoms with Gasteiger partial charge >= 0.3 is 5.97 Å². The Morgan fingerprint density at radius 1 is 0.857 bits per heavy atom. The number of non-ortho nitro benzene ring substituents is 1. The van der Waals surface area contributed by atoms with Crippen molar-refractivity contribution in [1.82, 2.24) is 4.98 Å². The Morgan fingerprint density at radius 2 is 1.57 bits per heavy atom. The van der Waals surface area contributed by atoms with Crippen LogP contribution >= 0.6 is 0 Å². The maximum atomic E-state index is 13.4. The number of imide groups is 1. The largest absolute Gasteiger partial charge is 0.457 e. The Balaban J connectivity index is 1.13. The summed E-state index contributed by atoms with van der Waals surface area (Å²) in [6, 6.07) is 25.8. The number of nitro groups is 1. The highest BCUT2D eigenvalue weighted by Crippen LogP contribution is 2.34. The molecule has 0 aliphatic carbocycles. The maximum absolute atomic E-state index is 13.4. The van der Waals surface area contributed by atoms with Gasteiger partial charge in [-0.2, -0.15) is 0 Å². The van der Waals surface area contributed by atoms with Crippen LogP contribution in [0.3, 0.4) is 0 Å². The number of amides is 2. The number of pyridine rings is 1. The number of benzene rings is 4. The van der Waals surface area contributed by atoms with Gasteiger partial charge in [0.05, 0.1) is 38.5 Å². The molecule has 0 fully saturated rings. The summed E-state index contributed by atoms with van der Waals surface area (Å²) < 4.78 is 11.2. The number of hydrogen-bond donors (Lipinski definition) is 0. The first-order chi connectivity index (χ1) is 20.3. The average molecular weight is 560 g/mol. The molecule has 10 nitrogen and oxygen atoms in total. The van der Waals surface area contributed by atoms with E-state index in [1.807, 2.05) is 6.07 Å². The first-order valence-corrected chi connectivity index (χ1v) is 12.9. The van der Waals surface area contributed by atoms with E-state index < -0.39 is 22.7 Å². The summed E-state index contributed by atoms with van der Waals surface area (Å²) >= 11 is 0. The Labute approximate surface area is 238 Å². The third-order valence-corrected chi connectivity index (χ3v) is 6.82. The predicted molar refractivity (Wildman–Crippen MR) is 153 cm³/mol. The average Bonchev–Trinajstić information content (AvgIpc) is 3.27. The molecular weight excluding hydrogens is 538 g/mol. The Bertz CT molecular complexity index is 1900. The minimum absolute atomic E-state index is 0.0319. The van der Waals surface area contributed by atoms with Gasteiger partial charge in [0.1, 0.15) is 18.1 Å². The van der Waals surface area contributed by atoms with Crippen molar-refractivity contribution in [3.8, 4) is 11.5 Å². The van der Waals surface area contributed by atoms with Gasteiger partial charge < -0.3 is 9.47 Å². The lowest BCUT2D eigenvalue weighted by Crippen LogP contribution is -2.29. The fraction of sp³-hybridized carbons (Fsp3) is 0.0625. The number of anilines is 1. The van der Waals surface area contributed by atoms with Crippen LogP contribution in [0, 0.1) is 17.0 Å². The monoisotopic (exact) mass is 559 g/mol. The molecule has 0 atom stereocenters. The molecule has 1 aliphatic heterocycles. The zero-order chi connectivity index (χ0) is 29.4. The molecule has 0 bridgehead atoms. The molecule has 0 N–H and O–H groups in total. The number of carbonyl (C=O) groups is 3. The van der Waals surface area contributed by atoms with Crippen LogP contribution in [-0.4, -0.2) is 27.7 Å². The van der Waals surface area contributed by atoms with E-state index in [9.17, 15) is 24.5 Å². The summed E-state index contributed by atoms with van der Waals surface area (Å²) in [5.41, 5.74) is 2.93. The van der Waals surface area contributed by atoms with Crippen LogP contribution in [-0.2, 0) is 11.3 Å². The lowest BCUT2D eigenvalue weighted by molar-refractivity contribution is -0.384.